The lowest BCUT2D eigenvalue weighted by atomic mass is 9.88. The van der Waals surface area contributed by atoms with Crippen LogP contribution in [0.2, 0.25) is 0 Å². The summed E-state index contributed by atoms with van der Waals surface area (Å²) in [6, 6.07) is 7.63. The molecular weight excluding hydrogens is 336 g/mol. The highest BCUT2D eigenvalue weighted by atomic mass is 32.2. The second kappa shape index (κ2) is 7.87. The van der Waals surface area contributed by atoms with Crippen LogP contribution in [0.5, 0.6) is 0 Å². The summed E-state index contributed by atoms with van der Waals surface area (Å²) >= 11 is 0. The first-order chi connectivity index (χ1) is 12.0. The Bertz CT molecular complexity index is 703. The van der Waals surface area contributed by atoms with Gasteiger partial charge >= 0.3 is 0 Å². The first kappa shape index (κ1) is 18.4. The largest absolute Gasteiger partial charge is 0.340 e. The first-order valence-electron chi connectivity index (χ1n) is 9.28. The van der Waals surface area contributed by atoms with Crippen LogP contribution in [0.1, 0.15) is 43.2 Å². The van der Waals surface area contributed by atoms with Crippen LogP contribution >= 0.6 is 0 Å². The number of hydrogen-bond acceptors (Lipinski definition) is 3. The predicted molar refractivity (Wildman–Crippen MR) is 98.5 cm³/mol. The molecule has 1 amide bonds. The molecule has 0 aromatic heterocycles. The molecule has 0 N–H and O–H groups in total. The molecule has 0 unspecified atom stereocenters. The second-order valence-corrected chi connectivity index (χ2v) is 9.27. The van der Waals surface area contributed by atoms with Crippen molar-refractivity contribution in [1.29, 1.82) is 0 Å². The Kier molecular flexibility index (Phi) is 5.79. The molecule has 25 heavy (non-hydrogen) atoms. The number of piperazine rings is 1. The number of carbonyl (C=O) groups is 1. The van der Waals surface area contributed by atoms with Gasteiger partial charge in [0, 0.05) is 32.1 Å². The lowest BCUT2D eigenvalue weighted by molar-refractivity contribution is -0.137. The van der Waals surface area contributed by atoms with Crippen LogP contribution in [0.15, 0.2) is 24.3 Å². The van der Waals surface area contributed by atoms with E-state index < -0.39 is 10.0 Å². The summed E-state index contributed by atoms with van der Waals surface area (Å²) in [4.78, 5) is 14.5. The number of nitrogens with zero attached hydrogens (tertiary/aromatic N) is 2. The number of carbonyl (C=O) groups excluding carboxylic acids is 1. The molecule has 138 valence electrons. The van der Waals surface area contributed by atoms with E-state index in [9.17, 15) is 13.2 Å². The zero-order valence-corrected chi connectivity index (χ0v) is 15.8. The smallest absolute Gasteiger partial charge is 0.225 e. The van der Waals surface area contributed by atoms with E-state index in [2.05, 4.69) is 0 Å². The van der Waals surface area contributed by atoms with E-state index in [1.54, 1.807) is 4.31 Å². The van der Waals surface area contributed by atoms with Crippen molar-refractivity contribution < 1.29 is 13.2 Å². The molecule has 0 atom stereocenters. The molecule has 1 aromatic carbocycles. The van der Waals surface area contributed by atoms with Crippen molar-refractivity contribution in [3.05, 3.63) is 35.4 Å². The van der Waals surface area contributed by atoms with Crippen LogP contribution in [0, 0.1) is 12.8 Å². The summed E-state index contributed by atoms with van der Waals surface area (Å²) in [6.45, 7) is 3.82. The van der Waals surface area contributed by atoms with E-state index in [0.717, 1.165) is 36.8 Å². The third-order valence-electron chi connectivity index (χ3n) is 5.33. The van der Waals surface area contributed by atoms with Crippen molar-refractivity contribution in [3.8, 4) is 0 Å². The Balaban J connectivity index is 1.56. The number of hydrogen-bond donors (Lipinski definition) is 0. The van der Waals surface area contributed by atoms with Gasteiger partial charge in [-0.15, -0.1) is 0 Å². The number of aryl methyl sites for hydroxylation is 1. The van der Waals surface area contributed by atoms with Gasteiger partial charge in [-0.05, 0) is 25.3 Å². The van der Waals surface area contributed by atoms with Gasteiger partial charge in [0.2, 0.25) is 15.9 Å². The average molecular weight is 365 g/mol. The number of amides is 1. The van der Waals surface area contributed by atoms with Crippen molar-refractivity contribution in [1.82, 2.24) is 9.21 Å². The fourth-order valence-corrected chi connectivity index (χ4v) is 5.40. The van der Waals surface area contributed by atoms with Gasteiger partial charge in [-0.1, -0.05) is 49.1 Å². The van der Waals surface area contributed by atoms with Gasteiger partial charge in [-0.3, -0.25) is 4.79 Å². The summed E-state index contributed by atoms with van der Waals surface area (Å²) < 4.78 is 26.9. The van der Waals surface area contributed by atoms with Crippen LogP contribution in [-0.2, 0) is 20.6 Å². The summed E-state index contributed by atoms with van der Waals surface area (Å²) in [6.07, 6.45) is 5.49. The average Bonchev–Trinajstić information content (AvgIpc) is 2.61. The summed E-state index contributed by atoms with van der Waals surface area (Å²) in [5, 5.41) is 0. The molecule has 2 aliphatic rings. The summed E-state index contributed by atoms with van der Waals surface area (Å²) in [5.74, 6) is 0.422. The Morgan fingerprint density at radius 3 is 2.40 bits per heavy atom. The fourth-order valence-electron chi connectivity index (χ4n) is 3.90. The molecule has 3 rings (SSSR count). The topological polar surface area (TPSA) is 57.7 Å². The maximum atomic E-state index is 12.7. The molecule has 1 saturated carbocycles. The first-order valence-corrected chi connectivity index (χ1v) is 10.9. The predicted octanol–water partition coefficient (Wildman–Crippen LogP) is 2.55. The molecule has 0 spiro atoms. The minimum atomic E-state index is -3.33. The molecule has 1 aliphatic carbocycles. The third-order valence-corrected chi connectivity index (χ3v) is 7.18. The SMILES string of the molecule is Cc1cccc(CS(=O)(=O)N2CCN(C(=O)C3CCCCC3)CC2)c1. The molecule has 1 aliphatic heterocycles. The number of benzene rings is 1. The van der Waals surface area contributed by atoms with E-state index in [1.165, 1.54) is 6.42 Å². The fraction of sp³-hybridized carbons (Fsp3) is 0.632. The number of rotatable bonds is 4. The van der Waals surface area contributed by atoms with Gasteiger partial charge in [0.05, 0.1) is 5.75 Å². The quantitative estimate of drug-likeness (QED) is 0.825. The summed E-state index contributed by atoms with van der Waals surface area (Å²) in [5.41, 5.74) is 1.89. The van der Waals surface area contributed by atoms with Crippen molar-refractivity contribution in [3.63, 3.8) is 0 Å². The van der Waals surface area contributed by atoms with E-state index in [-0.39, 0.29) is 17.6 Å². The van der Waals surface area contributed by atoms with E-state index in [1.807, 2.05) is 36.1 Å². The molecular formula is C19H28N2O3S. The minimum Gasteiger partial charge on any atom is -0.340 e. The van der Waals surface area contributed by atoms with Gasteiger partial charge in [0.1, 0.15) is 0 Å². The van der Waals surface area contributed by atoms with Gasteiger partial charge in [0.15, 0.2) is 0 Å². The Morgan fingerprint density at radius 2 is 1.76 bits per heavy atom. The Morgan fingerprint density at radius 1 is 1.08 bits per heavy atom. The van der Waals surface area contributed by atoms with Crippen LogP contribution < -0.4 is 0 Å². The van der Waals surface area contributed by atoms with Crippen molar-refractivity contribution in [2.24, 2.45) is 5.92 Å². The third kappa shape index (κ3) is 4.61. The number of sulfonamides is 1. The molecule has 1 aromatic rings. The lowest BCUT2D eigenvalue weighted by Gasteiger charge is -2.36. The van der Waals surface area contributed by atoms with Gasteiger partial charge in [-0.2, -0.15) is 4.31 Å². The highest BCUT2D eigenvalue weighted by Gasteiger charge is 2.32. The second-order valence-electron chi connectivity index (χ2n) is 7.30. The summed E-state index contributed by atoms with van der Waals surface area (Å²) in [7, 11) is -3.33. The highest BCUT2D eigenvalue weighted by molar-refractivity contribution is 7.88. The molecule has 5 nitrogen and oxygen atoms in total. The van der Waals surface area contributed by atoms with Gasteiger partial charge in [-0.25, -0.2) is 8.42 Å². The van der Waals surface area contributed by atoms with Crippen molar-refractivity contribution in [2.45, 2.75) is 44.8 Å². The van der Waals surface area contributed by atoms with Crippen LogP contribution in [0.3, 0.4) is 0 Å². The lowest BCUT2D eigenvalue weighted by Crippen LogP contribution is -2.52. The molecule has 0 radical (unpaired) electrons. The Hall–Kier alpha value is -1.40. The van der Waals surface area contributed by atoms with Gasteiger partial charge in [0.25, 0.3) is 0 Å². The van der Waals surface area contributed by atoms with Crippen molar-refractivity contribution in [2.75, 3.05) is 26.2 Å². The van der Waals surface area contributed by atoms with Crippen LogP contribution in [0.4, 0.5) is 0 Å². The van der Waals surface area contributed by atoms with Crippen LogP contribution in [-0.4, -0.2) is 49.7 Å². The normalized spacial score (nSPS) is 20.6. The maximum absolute atomic E-state index is 12.7. The maximum Gasteiger partial charge on any atom is 0.225 e. The standard InChI is InChI=1S/C19H28N2O3S/c1-16-6-5-7-17(14-16)15-25(23,24)21-12-10-20(11-13-21)19(22)18-8-3-2-4-9-18/h5-7,14,18H,2-4,8-13,15H2,1H3. The van der Waals surface area contributed by atoms with E-state index in [0.29, 0.717) is 26.2 Å². The van der Waals surface area contributed by atoms with Crippen molar-refractivity contribution >= 4 is 15.9 Å². The van der Waals surface area contributed by atoms with Crippen LogP contribution in [0.25, 0.3) is 0 Å². The molecule has 6 heteroatoms. The monoisotopic (exact) mass is 364 g/mol. The minimum absolute atomic E-state index is 0.0330. The van der Waals surface area contributed by atoms with E-state index >= 15 is 0 Å². The van der Waals surface area contributed by atoms with E-state index in [4.69, 9.17) is 0 Å². The Labute approximate surface area is 151 Å². The molecule has 0 bridgehead atoms. The molecule has 1 saturated heterocycles. The highest BCUT2D eigenvalue weighted by Crippen LogP contribution is 2.26. The zero-order chi connectivity index (χ0) is 17.9. The zero-order valence-electron chi connectivity index (χ0n) is 15.0. The molecule has 1 heterocycles. The molecule has 2 fully saturated rings. The van der Waals surface area contributed by atoms with Gasteiger partial charge < -0.3 is 4.90 Å².